The lowest BCUT2D eigenvalue weighted by Crippen LogP contribution is -2.54. The first kappa shape index (κ1) is 26.5. The van der Waals surface area contributed by atoms with Gasteiger partial charge in [-0.05, 0) is 57.9 Å². The second-order valence-corrected chi connectivity index (χ2v) is 10.5. The highest BCUT2D eigenvalue weighted by atomic mass is 19.1. The summed E-state index contributed by atoms with van der Waals surface area (Å²) < 4.78 is 18.4. The van der Waals surface area contributed by atoms with Gasteiger partial charge in [0.1, 0.15) is 5.82 Å². The highest BCUT2D eigenvalue weighted by molar-refractivity contribution is 6.24. The summed E-state index contributed by atoms with van der Waals surface area (Å²) in [5.74, 6) is -0.296. The first-order valence-electron chi connectivity index (χ1n) is 13.3. The molecule has 36 heavy (non-hydrogen) atoms. The van der Waals surface area contributed by atoms with Crippen LogP contribution in [0.5, 0.6) is 0 Å². The molecule has 5 rings (SSSR count). The van der Waals surface area contributed by atoms with Crippen LogP contribution in [0.15, 0.2) is 23.5 Å². The van der Waals surface area contributed by atoms with Gasteiger partial charge in [0.15, 0.2) is 0 Å². The molecule has 1 spiro atoms. The smallest absolute Gasteiger partial charge is 0.293 e. The van der Waals surface area contributed by atoms with Crippen molar-refractivity contribution in [1.82, 2.24) is 14.8 Å². The lowest BCUT2D eigenvalue weighted by atomic mass is 9.78. The van der Waals surface area contributed by atoms with Crippen LogP contribution in [-0.4, -0.2) is 92.5 Å². The van der Waals surface area contributed by atoms with Crippen LogP contribution in [0, 0.1) is 11.2 Å². The summed E-state index contributed by atoms with van der Waals surface area (Å²) in [6.07, 6.45) is 10.1. The van der Waals surface area contributed by atoms with Gasteiger partial charge in [0.05, 0.1) is 24.2 Å². The molecule has 0 radical (unpaired) electrons. The van der Waals surface area contributed by atoms with E-state index in [-0.39, 0.29) is 5.82 Å². The Morgan fingerprint density at radius 2 is 2.06 bits per heavy atom. The summed E-state index contributed by atoms with van der Waals surface area (Å²) >= 11 is 0. The number of likely N-dealkylation sites (tertiary alicyclic amines) is 1. The average molecular weight is 501 g/mol. The van der Waals surface area contributed by atoms with Gasteiger partial charge in [0.2, 0.25) is 0 Å². The summed E-state index contributed by atoms with van der Waals surface area (Å²) in [6, 6.07) is 2.33. The van der Waals surface area contributed by atoms with E-state index in [9.17, 15) is 9.18 Å². The van der Waals surface area contributed by atoms with Crippen LogP contribution in [0.25, 0.3) is 5.57 Å². The van der Waals surface area contributed by atoms with E-state index in [1.165, 1.54) is 38.5 Å². The van der Waals surface area contributed by atoms with E-state index in [1.54, 1.807) is 19.2 Å². The number of nitrogens with two attached hydrogens (primary N) is 1. The van der Waals surface area contributed by atoms with E-state index < -0.39 is 0 Å². The monoisotopic (exact) mass is 500 g/mol. The Kier molecular flexibility index (Phi) is 8.95. The quantitative estimate of drug-likeness (QED) is 0.601. The maximum absolute atomic E-state index is 14.2. The van der Waals surface area contributed by atoms with E-state index in [1.807, 2.05) is 0 Å². The molecule has 0 aromatic carbocycles. The number of anilines is 1. The fourth-order valence-corrected chi connectivity index (χ4v) is 6.38. The lowest BCUT2D eigenvalue weighted by molar-refractivity contribution is -0.128. The van der Waals surface area contributed by atoms with Crippen molar-refractivity contribution in [2.45, 2.75) is 51.5 Å². The van der Waals surface area contributed by atoms with E-state index in [2.05, 4.69) is 36.5 Å². The highest BCUT2D eigenvalue weighted by Gasteiger charge is 2.48. The van der Waals surface area contributed by atoms with Crippen LogP contribution in [0.1, 0.15) is 51.1 Å². The summed E-state index contributed by atoms with van der Waals surface area (Å²) in [7, 11) is 2.23. The van der Waals surface area contributed by atoms with Gasteiger partial charge in [-0.15, -0.1) is 0 Å². The minimum atomic E-state index is -0.296. The zero-order valence-electron chi connectivity index (χ0n) is 21.8. The summed E-state index contributed by atoms with van der Waals surface area (Å²) in [4.78, 5) is 25.7. The number of carbonyl (C=O) groups is 1. The first-order chi connectivity index (χ1) is 17.5. The number of pyridine rings is 1. The molecule has 2 N–H and O–H groups in total. The number of piperazine rings is 1. The third kappa shape index (κ3) is 6.06. The Bertz CT molecular complexity index is 954. The Hall–Kier alpha value is -2.52. The summed E-state index contributed by atoms with van der Waals surface area (Å²) in [5, 5.41) is 0. The predicted octanol–water partition coefficient (Wildman–Crippen LogP) is 2.93. The molecular formula is C27H41FN6O2. The molecule has 1 atom stereocenters. The van der Waals surface area contributed by atoms with Crippen LogP contribution in [0.2, 0.25) is 0 Å². The van der Waals surface area contributed by atoms with Gasteiger partial charge < -0.3 is 20.3 Å². The van der Waals surface area contributed by atoms with Crippen LogP contribution < -0.4 is 10.6 Å². The second-order valence-electron chi connectivity index (χ2n) is 10.5. The van der Waals surface area contributed by atoms with Gasteiger partial charge in [-0.1, -0.05) is 0 Å². The third-order valence-electron chi connectivity index (χ3n) is 7.98. The number of aliphatic imine (C=N–C) groups is 1. The molecule has 3 fully saturated rings. The van der Waals surface area contributed by atoms with Crippen molar-refractivity contribution in [1.29, 1.82) is 0 Å². The minimum Gasteiger partial charge on any atom is -0.468 e. The predicted molar refractivity (Wildman–Crippen MR) is 142 cm³/mol. The third-order valence-corrected chi connectivity index (χ3v) is 7.98. The van der Waals surface area contributed by atoms with Crippen LogP contribution in [-0.2, 0) is 9.53 Å². The van der Waals surface area contributed by atoms with Gasteiger partial charge >= 0.3 is 0 Å². The number of nitrogens with zero attached hydrogens (tertiary/aromatic N) is 5. The molecule has 0 amide bonds. The average Bonchev–Trinajstić information content (AvgIpc) is 3.32. The van der Waals surface area contributed by atoms with Crippen molar-refractivity contribution in [3.05, 3.63) is 30.0 Å². The zero-order valence-corrected chi connectivity index (χ0v) is 21.8. The van der Waals surface area contributed by atoms with Gasteiger partial charge in [-0.25, -0.2) is 4.39 Å². The van der Waals surface area contributed by atoms with Gasteiger partial charge in [-0.2, -0.15) is 0 Å². The van der Waals surface area contributed by atoms with E-state index in [4.69, 9.17) is 5.73 Å². The number of halogens is 1. The highest BCUT2D eigenvalue weighted by Crippen LogP contribution is 2.46. The molecule has 1 aromatic rings. The zero-order chi connectivity index (χ0) is 25.5. The molecule has 0 bridgehead atoms. The molecule has 1 aromatic heterocycles. The number of allylic oxidation sites excluding steroid dienone is 1. The molecule has 1 saturated carbocycles. The Balaban J connectivity index is 0.000000556. The maximum Gasteiger partial charge on any atom is 0.293 e. The summed E-state index contributed by atoms with van der Waals surface area (Å²) in [5.41, 5.74) is 10.1. The fourth-order valence-electron chi connectivity index (χ4n) is 6.38. The molecule has 3 aliphatic heterocycles. The molecule has 198 valence electrons. The standard InChI is InChI=1S/C24H35FN6.C3H6O2/c1-29-16-24(17-29)6-5-19(13-24)30-8-10-31(11-9-30)22-12-18(25)15-28-23(22)20(14-26)21-4-2-3-7-27-21;1-2-5-3-4/h12,14-15,19H,2-11,13,16-17,26H2,1H3;3H,2H2,1H3/b20-14+;. The Labute approximate surface area is 214 Å². The number of ether oxygens (including phenoxy) is 1. The van der Waals surface area contributed by atoms with Crippen molar-refractivity contribution in [3.8, 4) is 0 Å². The number of hydrogen-bond donors (Lipinski definition) is 1. The SMILES string of the molecule is CCOC=O.CN1CC2(CCC(N3CCN(c4cc(F)cnc4/C(=C/N)C4=NCCCC4)CC3)C2)C1. The summed E-state index contributed by atoms with van der Waals surface area (Å²) in [6.45, 7) is 9.86. The fraction of sp³-hybridized carbons (Fsp3) is 0.667. The Morgan fingerprint density at radius 3 is 2.64 bits per heavy atom. The van der Waals surface area contributed by atoms with Gasteiger partial charge in [-0.3, -0.25) is 19.7 Å². The first-order valence-corrected chi connectivity index (χ1v) is 13.3. The number of hydrogen-bond acceptors (Lipinski definition) is 8. The molecule has 1 aliphatic carbocycles. The van der Waals surface area contributed by atoms with Crippen molar-refractivity contribution < 1.29 is 13.9 Å². The van der Waals surface area contributed by atoms with Crippen LogP contribution >= 0.6 is 0 Å². The molecule has 9 heteroatoms. The Morgan fingerprint density at radius 1 is 1.28 bits per heavy atom. The molecule has 2 saturated heterocycles. The van der Waals surface area contributed by atoms with Crippen molar-refractivity contribution >= 4 is 23.4 Å². The second kappa shape index (κ2) is 12.1. The van der Waals surface area contributed by atoms with Gasteiger partial charge in [0.25, 0.3) is 6.47 Å². The van der Waals surface area contributed by atoms with Crippen LogP contribution in [0.3, 0.4) is 0 Å². The molecule has 1 unspecified atom stereocenters. The normalized spacial score (nSPS) is 24.5. The minimum absolute atomic E-state index is 0.296. The van der Waals surface area contributed by atoms with Crippen LogP contribution in [0.4, 0.5) is 10.1 Å². The van der Waals surface area contributed by atoms with Gasteiger partial charge in [0, 0.05) is 75.4 Å². The van der Waals surface area contributed by atoms with Crippen molar-refractivity contribution in [3.63, 3.8) is 0 Å². The topological polar surface area (TPSA) is 87.3 Å². The number of aromatic nitrogens is 1. The molecule has 4 aliphatic rings. The lowest BCUT2D eigenvalue weighted by Gasteiger charge is -2.47. The molecular weight excluding hydrogens is 459 g/mol. The number of carbonyl (C=O) groups excluding carboxylic acids is 1. The van der Waals surface area contributed by atoms with E-state index >= 15 is 0 Å². The largest absolute Gasteiger partial charge is 0.468 e. The van der Waals surface area contributed by atoms with Crippen molar-refractivity contribution in [2.24, 2.45) is 16.1 Å². The van der Waals surface area contributed by atoms with E-state index in [0.29, 0.717) is 24.5 Å². The number of rotatable bonds is 6. The van der Waals surface area contributed by atoms with Crippen molar-refractivity contribution in [2.75, 3.05) is 64.4 Å². The molecule has 8 nitrogen and oxygen atoms in total. The maximum atomic E-state index is 14.2. The molecule has 4 heterocycles. The van der Waals surface area contributed by atoms with E-state index in [0.717, 1.165) is 74.7 Å².